The van der Waals surface area contributed by atoms with E-state index in [1.807, 2.05) is 0 Å². The van der Waals surface area contributed by atoms with Crippen molar-refractivity contribution in [2.24, 2.45) is 5.92 Å². The van der Waals surface area contributed by atoms with E-state index in [2.05, 4.69) is 34.6 Å². The van der Waals surface area contributed by atoms with E-state index in [-0.39, 0.29) is 0 Å². The Labute approximate surface area is 116 Å². The van der Waals surface area contributed by atoms with Gasteiger partial charge >= 0.3 is 8.56 Å². The molecule has 0 rings (SSSR count). The summed E-state index contributed by atoms with van der Waals surface area (Å²) in [7, 11) is -1.87. The Morgan fingerprint density at radius 1 is 0.833 bits per heavy atom. The molecule has 0 N–H and O–H groups in total. The fraction of sp³-hybridized carbons (Fsp3) is 1.00. The molecule has 0 unspecified atom stereocenters. The minimum absolute atomic E-state index is 0.718. The Morgan fingerprint density at radius 2 is 1.44 bits per heavy atom. The minimum atomic E-state index is -1.87. The second kappa shape index (κ2) is 11.0. The first-order chi connectivity index (χ1) is 8.60. The highest BCUT2D eigenvalue weighted by molar-refractivity contribution is 6.67. The van der Waals surface area contributed by atoms with Crippen LogP contribution in [0.25, 0.3) is 0 Å². The standard InChI is InChI=1S/C15H34O2Si/c1-6-9-10-11-13-16-18(7-2,8-3)17-14-12-15(4)5/h15H,6-14H2,1-5H3. The third kappa shape index (κ3) is 8.28. The fourth-order valence-corrected chi connectivity index (χ4v) is 4.37. The van der Waals surface area contributed by atoms with Crippen LogP contribution in [0.4, 0.5) is 0 Å². The van der Waals surface area contributed by atoms with Gasteiger partial charge in [-0.25, -0.2) is 0 Å². The summed E-state index contributed by atoms with van der Waals surface area (Å²) >= 11 is 0. The monoisotopic (exact) mass is 274 g/mol. The smallest absolute Gasteiger partial charge is 0.337 e. The fourth-order valence-electron chi connectivity index (χ4n) is 1.97. The number of unbranched alkanes of at least 4 members (excludes halogenated alkanes) is 3. The van der Waals surface area contributed by atoms with Gasteiger partial charge in [0.1, 0.15) is 0 Å². The molecule has 0 radical (unpaired) electrons. The average Bonchev–Trinajstić information content (AvgIpc) is 2.36. The van der Waals surface area contributed by atoms with Crippen molar-refractivity contribution >= 4 is 8.56 Å². The number of hydrogen-bond acceptors (Lipinski definition) is 2. The van der Waals surface area contributed by atoms with Crippen LogP contribution in [0.1, 0.15) is 66.7 Å². The van der Waals surface area contributed by atoms with Crippen molar-refractivity contribution in [2.75, 3.05) is 13.2 Å². The largest absolute Gasteiger partial charge is 0.394 e. The lowest BCUT2D eigenvalue weighted by Crippen LogP contribution is -2.41. The molecule has 0 amide bonds. The summed E-state index contributed by atoms with van der Waals surface area (Å²) in [4.78, 5) is 0. The molecular weight excluding hydrogens is 240 g/mol. The van der Waals surface area contributed by atoms with Crippen molar-refractivity contribution in [3.63, 3.8) is 0 Å². The van der Waals surface area contributed by atoms with E-state index < -0.39 is 8.56 Å². The van der Waals surface area contributed by atoms with E-state index in [9.17, 15) is 0 Å². The van der Waals surface area contributed by atoms with Gasteiger partial charge in [-0.05, 0) is 30.8 Å². The molecule has 0 aliphatic carbocycles. The predicted molar refractivity (Wildman–Crippen MR) is 82.2 cm³/mol. The van der Waals surface area contributed by atoms with Crippen LogP contribution in [0.3, 0.4) is 0 Å². The molecule has 0 fully saturated rings. The van der Waals surface area contributed by atoms with Gasteiger partial charge < -0.3 is 8.85 Å². The highest BCUT2D eigenvalue weighted by Crippen LogP contribution is 2.20. The lowest BCUT2D eigenvalue weighted by atomic mass is 10.2. The number of hydrogen-bond donors (Lipinski definition) is 0. The van der Waals surface area contributed by atoms with Gasteiger partial charge in [0.2, 0.25) is 0 Å². The summed E-state index contributed by atoms with van der Waals surface area (Å²) in [6.07, 6.45) is 6.24. The summed E-state index contributed by atoms with van der Waals surface area (Å²) < 4.78 is 12.3. The van der Waals surface area contributed by atoms with Gasteiger partial charge in [0.05, 0.1) is 0 Å². The molecule has 0 heterocycles. The molecule has 0 aromatic heterocycles. The van der Waals surface area contributed by atoms with E-state index in [0.717, 1.165) is 37.6 Å². The first kappa shape index (κ1) is 18.1. The van der Waals surface area contributed by atoms with E-state index in [0.29, 0.717) is 0 Å². The Morgan fingerprint density at radius 3 is 1.94 bits per heavy atom. The first-order valence-corrected chi connectivity index (χ1v) is 10.1. The van der Waals surface area contributed by atoms with Gasteiger partial charge in [-0.1, -0.05) is 53.9 Å². The van der Waals surface area contributed by atoms with Gasteiger partial charge in [0.15, 0.2) is 0 Å². The SMILES string of the molecule is CCCCCCO[Si](CC)(CC)OCCC(C)C. The Hall–Kier alpha value is 0.137. The Balaban J connectivity index is 3.92. The van der Waals surface area contributed by atoms with E-state index in [4.69, 9.17) is 8.85 Å². The molecule has 18 heavy (non-hydrogen) atoms. The first-order valence-electron chi connectivity index (χ1n) is 7.88. The zero-order valence-electron chi connectivity index (χ0n) is 13.3. The maximum absolute atomic E-state index is 6.17. The summed E-state index contributed by atoms with van der Waals surface area (Å²) in [6.45, 7) is 12.9. The van der Waals surface area contributed by atoms with Crippen molar-refractivity contribution < 1.29 is 8.85 Å². The van der Waals surface area contributed by atoms with Crippen LogP contribution in [0.5, 0.6) is 0 Å². The predicted octanol–water partition coefficient (Wildman–Crippen LogP) is 5.13. The van der Waals surface area contributed by atoms with Crippen molar-refractivity contribution in [1.29, 1.82) is 0 Å². The summed E-state index contributed by atoms with van der Waals surface area (Å²) in [5.74, 6) is 0.718. The van der Waals surface area contributed by atoms with Crippen molar-refractivity contribution in [3.05, 3.63) is 0 Å². The van der Waals surface area contributed by atoms with Gasteiger partial charge in [-0.3, -0.25) is 0 Å². The second-order valence-corrected chi connectivity index (χ2v) is 9.37. The van der Waals surface area contributed by atoms with Crippen LogP contribution in [0.2, 0.25) is 12.1 Å². The minimum Gasteiger partial charge on any atom is -0.394 e. The molecule has 0 spiro atoms. The molecule has 0 bridgehead atoms. The zero-order chi connectivity index (χ0) is 13.9. The van der Waals surface area contributed by atoms with Crippen LogP contribution >= 0.6 is 0 Å². The second-order valence-electron chi connectivity index (χ2n) is 5.56. The van der Waals surface area contributed by atoms with E-state index in [1.165, 1.54) is 25.7 Å². The van der Waals surface area contributed by atoms with Gasteiger partial charge in [0, 0.05) is 13.2 Å². The number of rotatable bonds is 12. The van der Waals surface area contributed by atoms with Crippen molar-refractivity contribution in [1.82, 2.24) is 0 Å². The Kier molecular flexibility index (Phi) is 11.1. The lowest BCUT2D eigenvalue weighted by molar-refractivity contribution is 0.159. The van der Waals surface area contributed by atoms with Crippen LogP contribution in [0, 0.1) is 5.92 Å². The molecule has 110 valence electrons. The van der Waals surface area contributed by atoms with Crippen LogP contribution in [-0.2, 0) is 8.85 Å². The van der Waals surface area contributed by atoms with Crippen molar-refractivity contribution in [2.45, 2.75) is 78.8 Å². The van der Waals surface area contributed by atoms with Crippen LogP contribution in [0.15, 0.2) is 0 Å². The van der Waals surface area contributed by atoms with Gasteiger partial charge in [0.25, 0.3) is 0 Å². The molecule has 0 aliphatic rings. The van der Waals surface area contributed by atoms with Crippen LogP contribution in [-0.4, -0.2) is 21.8 Å². The molecular formula is C15H34O2Si. The van der Waals surface area contributed by atoms with Crippen LogP contribution < -0.4 is 0 Å². The molecule has 0 saturated heterocycles. The summed E-state index contributed by atoms with van der Waals surface area (Å²) in [6, 6.07) is 2.16. The third-order valence-electron chi connectivity index (χ3n) is 3.50. The molecule has 0 aromatic rings. The summed E-state index contributed by atoms with van der Waals surface area (Å²) in [5.41, 5.74) is 0. The van der Waals surface area contributed by atoms with E-state index >= 15 is 0 Å². The molecule has 3 heteroatoms. The average molecular weight is 275 g/mol. The highest BCUT2D eigenvalue weighted by Gasteiger charge is 2.33. The quantitative estimate of drug-likeness (QED) is 0.363. The molecule has 0 aromatic carbocycles. The molecule has 0 atom stereocenters. The molecule has 0 aliphatic heterocycles. The normalized spacial score (nSPS) is 12.3. The van der Waals surface area contributed by atoms with E-state index in [1.54, 1.807) is 0 Å². The van der Waals surface area contributed by atoms with Gasteiger partial charge in [-0.15, -0.1) is 0 Å². The summed E-state index contributed by atoms with van der Waals surface area (Å²) in [5, 5.41) is 0. The maximum atomic E-state index is 6.17. The molecule has 2 nitrogen and oxygen atoms in total. The third-order valence-corrected chi connectivity index (χ3v) is 7.12. The Bertz CT molecular complexity index is 179. The molecule has 0 saturated carbocycles. The topological polar surface area (TPSA) is 18.5 Å². The van der Waals surface area contributed by atoms with Gasteiger partial charge in [-0.2, -0.15) is 0 Å². The lowest BCUT2D eigenvalue weighted by Gasteiger charge is -2.29. The van der Waals surface area contributed by atoms with Crippen molar-refractivity contribution in [3.8, 4) is 0 Å². The maximum Gasteiger partial charge on any atom is 0.337 e. The highest BCUT2D eigenvalue weighted by atomic mass is 28.4. The zero-order valence-corrected chi connectivity index (χ0v) is 14.3.